The van der Waals surface area contributed by atoms with Crippen LogP contribution in [0, 0.1) is 11.8 Å². The molecule has 0 aliphatic carbocycles. The number of rotatable bonds is 10. The Morgan fingerprint density at radius 2 is 1.56 bits per heavy atom. The van der Waals surface area contributed by atoms with Crippen LogP contribution >= 0.6 is 0 Å². The van der Waals surface area contributed by atoms with Gasteiger partial charge < -0.3 is 19.3 Å². The highest BCUT2D eigenvalue weighted by molar-refractivity contribution is 5.82. The van der Waals surface area contributed by atoms with Gasteiger partial charge in [-0.25, -0.2) is 0 Å². The van der Waals surface area contributed by atoms with Crippen LogP contribution in [0.1, 0.15) is 52.9 Å². The molecule has 0 bridgehead atoms. The third-order valence-corrected chi connectivity index (χ3v) is 5.87. The molecule has 0 aromatic carbocycles. The summed E-state index contributed by atoms with van der Waals surface area (Å²) in [7, 11) is 0. The van der Waals surface area contributed by atoms with Crippen molar-refractivity contribution in [3.63, 3.8) is 0 Å². The highest BCUT2D eigenvalue weighted by Gasteiger charge is 2.32. The maximum absolute atomic E-state index is 12.3. The smallest absolute Gasteiger partial charge is 0.224 e. The first kappa shape index (κ1) is 22.3. The fourth-order valence-electron chi connectivity index (χ4n) is 4.18. The third kappa shape index (κ3) is 7.16. The molecule has 0 saturated carbocycles. The van der Waals surface area contributed by atoms with Crippen molar-refractivity contribution in [2.24, 2.45) is 11.8 Å². The fraction of sp³-hybridized carbons (Fsp3) is 0.905. The number of piperidine rings is 2. The van der Waals surface area contributed by atoms with Crippen molar-refractivity contribution in [3.05, 3.63) is 0 Å². The fourth-order valence-corrected chi connectivity index (χ4v) is 4.18. The molecule has 0 radical (unpaired) electrons. The number of carbonyl (C=O) groups excluding carboxylic acids is 2. The van der Waals surface area contributed by atoms with Gasteiger partial charge in [0.05, 0.1) is 26.2 Å². The van der Waals surface area contributed by atoms with E-state index >= 15 is 0 Å². The van der Waals surface area contributed by atoms with Crippen LogP contribution in [0.4, 0.5) is 0 Å². The molecule has 0 aromatic heterocycles. The lowest BCUT2D eigenvalue weighted by Gasteiger charge is -2.41. The summed E-state index contributed by atoms with van der Waals surface area (Å²) in [5.74, 6) is 1.04. The average Bonchev–Trinajstić information content (AvgIpc) is 2.70. The number of ketones is 1. The number of hydrogen-bond donors (Lipinski definition) is 0. The minimum atomic E-state index is 0.152. The molecule has 27 heavy (non-hydrogen) atoms. The number of carbonyl (C=O) groups is 2. The molecule has 0 spiro atoms. The van der Waals surface area contributed by atoms with Crippen LogP contribution in [0.5, 0.6) is 0 Å². The van der Waals surface area contributed by atoms with Gasteiger partial charge in [0, 0.05) is 37.6 Å². The molecule has 0 aromatic rings. The molecule has 156 valence electrons. The summed E-state index contributed by atoms with van der Waals surface area (Å²) >= 11 is 0. The van der Waals surface area contributed by atoms with Crippen molar-refractivity contribution in [3.8, 4) is 0 Å². The third-order valence-electron chi connectivity index (χ3n) is 5.87. The van der Waals surface area contributed by atoms with Crippen LogP contribution in [0.15, 0.2) is 0 Å². The molecule has 0 N–H and O–H groups in total. The number of nitrogens with zero attached hydrogens (tertiary/aromatic N) is 2. The lowest BCUT2D eigenvalue weighted by molar-refractivity contribution is -0.134. The lowest BCUT2D eigenvalue weighted by atomic mass is 9.86. The molecule has 0 atom stereocenters. The highest BCUT2D eigenvalue weighted by Crippen LogP contribution is 2.26. The van der Waals surface area contributed by atoms with E-state index in [1.165, 1.54) is 0 Å². The molecule has 2 rings (SSSR count). The second-order valence-corrected chi connectivity index (χ2v) is 8.04. The van der Waals surface area contributed by atoms with Crippen LogP contribution in [-0.4, -0.2) is 80.1 Å². The number of amides is 1. The summed E-state index contributed by atoms with van der Waals surface area (Å²) in [4.78, 5) is 29.0. The van der Waals surface area contributed by atoms with Crippen molar-refractivity contribution in [1.82, 2.24) is 9.80 Å². The Labute approximate surface area is 164 Å². The zero-order chi connectivity index (χ0) is 19.6. The minimum Gasteiger partial charge on any atom is -0.379 e. The largest absolute Gasteiger partial charge is 0.379 e. The topological polar surface area (TPSA) is 59.1 Å². The van der Waals surface area contributed by atoms with Crippen LogP contribution in [0.3, 0.4) is 0 Å². The van der Waals surface area contributed by atoms with E-state index in [4.69, 9.17) is 9.47 Å². The minimum absolute atomic E-state index is 0.152. The van der Waals surface area contributed by atoms with Crippen LogP contribution < -0.4 is 0 Å². The Bertz CT molecular complexity index is 453. The van der Waals surface area contributed by atoms with Crippen molar-refractivity contribution >= 4 is 11.7 Å². The highest BCUT2D eigenvalue weighted by atomic mass is 16.5. The standard InChI is InChI=1S/C21H38N2O4/c1-4-26-15-16-27-14-9-20(24)23-12-7-19(8-13-23)22-10-5-18(6-11-22)21(25)17(2)3/h17-19H,4-16H2,1-3H3. The van der Waals surface area contributed by atoms with E-state index in [-0.39, 0.29) is 17.7 Å². The molecule has 6 heteroatoms. The summed E-state index contributed by atoms with van der Waals surface area (Å²) in [6.07, 6.45) is 4.53. The average molecular weight is 383 g/mol. The number of Topliss-reactive ketones (excluding diaryl/α,β-unsaturated/α-hetero) is 1. The summed E-state index contributed by atoms with van der Waals surface area (Å²) in [5, 5.41) is 0. The van der Waals surface area contributed by atoms with Gasteiger partial charge in [0.25, 0.3) is 0 Å². The first-order chi connectivity index (χ1) is 13.0. The van der Waals surface area contributed by atoms with Crippen LogP contribution in [-0.2, 0) is 19.1 Å². The monoisotopic (exact) mass is 382 g/mol. The molecule has 6 nitrogen and oxygen atoms in total. The van der Waals surface area contributed by atoms with E-state index in [0.29, 0.717) is 44.7 Å². The van der Waals surface area contributed by atoms with Gasteiger partial charge in [-0.05, 0) is 45.7 Å². The van der Waals surface area contributed by atoms with Gasteiger partial charge in [-0.1, -0.05) is 13.8 Å². The van der Waals surface area contributed by atoms with E-state index in [1.54, 1.807) is 0 Å². The molecule has 1 amide bonds. The molecular formula is C21H38N2O4. The molecule has 2 fully saturated rings. The first-order valence-corrected chi connectivity index (χ1v) is 10.7. The van der Waals surface area contributed by atoms with Gasteiger partial charge in [-0.15, -0.1) is 0 Å². The second kappa shape index (κ2) is 11.8. The maximum Gasteiger partial charge on any atom is 0.224 e. The summed E-state index contributed by atoms with van der Waals surface area (Å²) in [5.41, 5.74) is 0. The maximum atomic E-state index is 12.3. The van der Waals surface area contributed by atoms with Crippen LogP contribution in [0.25, 0.3) is 0 Å². The second-order valence-electron chi connectivity index (χ2n) is 8.04. The van der Waals surface area contributed by atoms with Crippen molar-refractivity contribution in [1.29, 1.82) is 0 Å². The zero-order valence-corrected chi connectivity index (χ0v) is 17.5. The number of likely N-dealkylation sites (tertiary alicyclic amines) is 2. The number of hydrogen-bond acceptors (Lipinski definition) is 5. The van der Waals surface area contributed by atoms with E-state index in [2.05, 4.69) is 4.90 Å². The molecule has 0 unspecified atom stereocenters. The Morgan fingerprint density at radius 1 is 0.926 bits per heavy atom. The van der Waals surface area contributed by atoms with Gasteiger partial charge in [-0.2, -0.15) is 0 Å². The zero-order valence-electron chi connectivity index (χ0n) is 17.5. The molecule has 2 heterocycles. The Hall–Kier alpha value is -0.980. The predicted octanol–water partition coefficient (Wildman–Crippen LogP) is 2.36. The van der Waals surface area contributed by atoms with Gasteiger partial charge in [0.15, 0.2) is 0 Å². The van der Waals surface area contributed by atoms with E-state index < -0.39 is 0 Å². The van der Waals surface area contributed by atoms with Crippen molar-refractivity contribution < 1.29 is 19.1 Å². The molecule has 2 aliphatic heterocycles. The van der Waals surface area contributed by atoms with Crippen LogP contribution in [0.2, 0.25) is 0 Å². The molecular weight excluding hydrogens is 344 g/mol. The Morgan fingerprint density at radius 3 is 2.15 bits per heavy atom. The predicted molar refractivity (Wildman–Crippen MR) is 106 cm³/mol. The number of ether oxygens (including phenoxy) is 2. The van der Waals surface area contributed by atoms with Gasteiger partial charge in [0.1, 0.15) is 5.78 Å². The van der Waals surface area contributed by atoms with E-state index in [1.807, 2.05) is 25.7 Å². The van der Waals surface area contributed by atoms with E-state index in [9.17, 15) is 9.59 Å². The lowest BCUT2D eigenvalue weighted by Crippen LogP contribution is -2.49. The van der Waals surface area contributed by atoms with E-state index in [0.717, 1.165) is 51.9 Å². The van der Waals surface area contributed by atoms with Gasteiger partial charge in [0.2, 0.25) is 5.91 Å². The Balaban J connectivity index is 1.61. The first-order valence-electron chi connectivity index (χ1n) is 10.7. The summed E-state index contributed by atoms with van der Waals surface area (Å²) in [6.45, 7) is 12.0. The molecule has 2 aliphatic rings. The van der Waals surface area contributed by atoms with Crippen molar-refractivity contribution in [2.75, 3.05) is 52.6 Å². The summed E-state index contributed by atoms with van der Waals surface area (Å²) in [6, 6.07) is 0.562. The summed E-state index contributed by atoms with van der Waals surface area (Å²) < 4.78 is 10.7. The normalized spacial score (nSPS) is 20.4. The quantitative estimate of drug-likeness (QED) is 0.543. The van der Waals surface area contributed by atoms with Gasteiger partial charge in [-0.3, -0.25) is 9.59 Å². The SMILES string of the molecule is CCOCCOCCC(=O)N1CCC(N2CCC(C(=O)C(C)C)CC2)CC1. The Kier molecular flexibility index (Phi) is 9.73. The van der Waals surface area contributed by atoms with Gasteiger partial charge >= 0.3 is 0 Å². The van der Waals surface area contributed by atoms with Crippen molar-refractivity contribution in [2.45, 2.75) is 58.9 Å². The molecule has 2 saturated heterocycles.